The summed E-state index contributed by atoms with van der Waals surface area (Å²) in [6, 6.07) is 11.5. The van der Waals surface area contributed by atoms with Crippen LogP contribution in [-0.4, -0.2) is 25.4 Å². The second-order valence-electron chi connectivity index (χ2n) is 4.93. The molecule has 5 nitrogen and oxygen atoms in total. The minimum absolute atomic E-state index is 0.215. The van der Waals surface area contributed by atoms with Crippen molar-refractivity contribution in [2.24, 2.45) is 0 Å². The monoisotopic (exact) mass is 281 g/mol. The van der Waals surface area contributed by atoms with E-state index in [9.17, 15) is 9.90 Å². The van der Waals surface area contributed by atoms with Crippen LogP contribution in [0.15, 0.2) is 48.8 Å². The molecule has 0 aliphatic rings. The van der Waals surface area contributed by atoms with Crippen LogP contribution in [0.5, 0.6) is 0 Å². The lowest BCUT2D eigenvalue weighted by Gasteiger charge is -2.09. The third-order valence-corrected chi connectivity index (χ3v) is 3.38. The normalized spacial score (nSPS) is 10.8. The molecule has 2 heterocycles. The molecule has 0 amide bonds. The molecule has 3 aromatic rings. The average molecular weight is 281 g/mol. The first-order valence-corrected chi connectivity index (χ1v) is 6.61. The molecule has 0 aliphatic carbocycles. The summed E-state index contributed by atoms with van der Waals surface area (Å²) >= 11 is 0. The van der Waals surface area contributed by atoms with E-state index in [4.69, 9.17) is 0 Å². The van der Waals surface area contributed by atoms with Gasteiger partial charge in [-0.25, -0.2) is 9.48 Å². The summed E-state index contributed by atoms with van der Waals surface area (Å²) < 4.78 is 3.43. The van der Waals surface area contributed by atoms with Crippen molar-refractivity contribution in [3.8, 4) is 11.5 Å². The summed E-state index contributed by atoms with van der Waals surface area (Å²) in [5, 5.41) is 13.9. The molecule has 0 spiro atoms. The molecule has 0 bridgehead atoms. The zero-order valence-corrected chi connectivity index (χ0v) is 11.8. The van der Waals surface area contributed by atoms with Gasteiger partial charge in [-0.15, -0.1) is 0 Å². The Bertz CT molecular complexity index is 784. The molecule has 106 valence electrons. The molecule has 0 aliphatic heterocycles. The molecule has 21 heavy (non-hydrogen) atoms. The predicted molar refractivity (Wildman–Crippen MR) is 79.3 cm³/mol. The van der Waals surface area contributed by atoms with Crippen LogP contribution >= 0.6 is 0 Å². The lowest BCUT2D eigenvalue weighted by molar-refractivity contribution is 0.0696. The van der Waals surface area contributed by atoms with E-state index < -0.39 is 5.97 Å². The number of aromatic nitrogens is 3. The first kappa shape index (κ1) is 13.2. The number of carboxylic acids is 1. The van der Waals surface area contributed by atoms with E-state index in [0.717, 1.165) is 11.3 Å². The van der Waals surface area contributed by atoms with Crippen molar-refractivity contribution in [1.82, 2.24) is 14.3 Å². The Morgan fingerprint density at radius 3 is 2.29 bits per heavy atom. The second-order valence-corrected chi connectivity index (χ2v) is 4.93. The summed E-state index contributed by atoms with van der Waals surface area (Å²) in [7, 11) is 0. The maximum atomic E-state index is 11.6. The summed E-state index contributed by atoms with van der Waals surface area (Å²) in [6.07, 6.45) is 3.63. The van der Waals surface area contributed by atoms with Gasteiger partial charge in [0.25, 0.3) is 0 Å². The maximum absolute atomic E-state index is 11.6. The van der Waals surface area contributed by atoms with E-state index in [2.05, 4.69) is 5.10 Å². The third kappa shape index (κ3) is 2.23. The van der Waals surface area contributed by atoms with E-state index in [0.29, 0.717) is 11.5 Å². The Labute approximate surface area is 122 Å². The van der Waals surface area contributed by atoms with Crippen molar-refractivity contribution in [2.45, 2.75) is 13.8 Å². The van der Waals surface area contributed by atoms with Crippen molar-refractivity contribution in [2.75, 3.05) is 0 Å². The van der Waals surface area contributed by atoms with Gasteiger partial charge in [-0.3, -0.25) is 0 Å². The minimum atomic E-state index is -0.977. The smallest absolute Gasteiger partial charge is 0.341 e. The van der Waals surface area contributed by atoms with Gasteiger partial charge in [0.15, 0.2) is 5.82 Å². The molecular weight excluding hydrogens is 266 g/mol. The van der Waals surface area contributed by atoms with Crippen molar-refractivity contribution >= 4 is 5.97 Å². The van der Waals surface area contributed by atoms with E-state index in [1.54, 1.807) is 16.2 Å². The number of aromatic carboxylic acids is 1. The van der Waals surface area contributed by atoms with Crippen LogP contribution in [0.3, 0.4) is 0 Å². The molecule has 0 fully saturated rings. The van der Waals surface area contributed by atoms with Gasteiger partial charge in [0.1, 0.15) is 5.56 Å². The first-order valence-electron chi connectivity index (χ1n) is 6.61. The highest BCUT2D eigenvalue weighted by molar-refractivity contribution is 5.93. The van der Waals surface area contributed by atoms with Gasteiger partial charge in [-0.2, -0.15) is 5.10 Å². The molecule has 0 saturated carbocycles. The van der Waals surface area contributed by atoms with Crippen LogP contribution in [0.4, 0.5) is 0 Å². The molecule has 2 aromatic heterocycles. The van der Waals surface area contributed by atoms with Crippen LogP contribution in [-0.2, 0) is 0 Å². The Balaban J connectivity index is 2.28. The second kappa shape index (κ2) is 4.94. The van der Waals surface area contributed by atoms with Crippen LogP contribution in [0.1, 0.15) is 21.6 Å². The quantitative estimate of drug-likeness (QED) is 0.803. The number of hydrogen-bond donors (Lipinski definition) is 1. The van der Waals surface area contributed by atoms with Crippen molar-refractivity contribution in [3.63, 3.8) is 0 Å². The minimum Gasteiger partial charge on any atom is -0.477 e. The topological polar surface area (TPSA) is 60.1 Å². The van der Waals surface area contributed by atoms with Crippen LogP contribution < -0.4 is 0 Å². The van der Waals surface area contributed by atoms with E-state index in [1.165, 1.54) is 0 Å². The number of benzene rings is 1. The number of aryl methyl sites for hydroxylation is 2. The Hall–Kier alpha value is -2.82. The van der Waals surface area contributed by atoms with Crippen molar-refractivity contribution in [1.29, 1.82) is 0 Å². The third-order valence-electron chi connectivity index (χ3n) is 3.38. The van der Waals surface area contributed by atoms with E-state index in [-0.39, 0.29) is 5.56 Å². The van der Waals surface area contributed by atoms with Gasteiger partial charge < -0.3 is 9.67 Å². The SMILES string of the molecule is Cc1ccc(-n2nc(C)c(C(=O)O)c2-n2cccc2)cc1. The van der Waals surface area contributed by atoms with Gasteiger partial charge in [0.2, 0.25) is 0 Å². The lowest BCUT2D eigenvalue weighted by atomic mass is 10.2. The fourth-order valence-electron chi connectivity index (χ4n) is 2.35. The highest BCUT2D eigenvalue weighted by atomic mass is 16.4. The average Bonchev–Trinajstić information content (AvgIpc) is 3.06. The zero-order chi connectivity index (χ0) is 15.0. The summed E-state index contributed by atoms with van der Waals surface area (Å²) in [5.74, 6) is -0.441. The summed E-state index contributed by atoms with van der Waals surface area (Å²) in [5.41, 5.74) is 2.68. The Morgan fingerprint density at radius 2 is 1.71 bits per heavy atom. The number of carbonyl (C=O) groups is 1. The van der Waals surface area contributed by atoms with Crippen LogP contribution in [0.2, 0.25) is 0 Å². The predicted octanol–water partition coefficient (Wildman–Crippen LogP) is 2.98. The molecule has 0 unspecified atom stereocenters. The fraction of sp³-hybridized carbons (Fsp3) is 0.125. The van der Waals surface area contributed by atoms with E-state index in [1.807, 2.05) is 55.7 Å². The van der Waals surface area contributed by atoms with Crippen LogP contribution in [0.25, 0.3) is 11.5 Å². The molecule has 1 aromatic carbocycles. The van der Waals surface area contributed by atoms with Crippen molar-refractivity contribution in [3.05, 3.63) is 65.6 Å². The lowest BCUT2D eigenvalue weighted by Crippen LogP contribution is -2.08. The molecule has 0 radical (unpaired) electrons. The molecule has 1 N–H and O–H groups in total. The number of nitrogens with zero attached hydrogens (tertiary/aromatic N) is 3. The van der Waals surface area contributed by atoms with Gasteiger partial charge in [-0.05, 0) is 38.1 Å². The molecular formula is C16H15N3O2. The molecule has 5 heteroatoms. The van der Waals surface area contributed by atoms with Gasteiger partial charge in [0, 0.05) is 12.4 Å². The maximum Gasteiger partial charge on any atom is 0.341 e. The Kier molecular flexibility index (Phi) is 3.10. The van der Waals surface area contributed by atoms with Gasteiger partial charge in [-0.1, -0.05) is 17.7 Å². The largest absolute Gasteiger partial charge is 0.477 e. The van der Waals surface area contributed by atoms with Crippen LogP contribution in [0, 0.1) is 13.8 Å². The number of rotatable bonds is 3. The zero-order valence-electron chi connectivity index (χ0n) is 11.8. The Morgan fingerprint density at radius 1 is 1.10 bits per heavy atom. The molecule has 0 atom stereocenters. The first-order chi connectivity index (χ1) is 10.1. The van der Waals surface area contributed by atoms with E-state index >= 15 is 0 Å². The molecule has 0 saturated heterocycles. The highest BCUT2D eigenvalue weighted by Crippen LogP contribution is 2.23. The number of carboxylic acid groups (broad SMARTS) is 1. The highest BCUT2D eigenvalue weighted by Gasteiger charge is 2.22. The van der Waals surface area contributed by atoms with Gasteiger partial charge in [0.05, 0.1) is 11.4 Å². The van der Waals surface area contributed by atoms with Crippen molar-refractivity contribution < 1.29 is 9.90 Å². The summed E-state index contributed by atoms with van der Waals surface area (Å²) in [6.45, 7) is 3.72. The molecule has 3 rings (SSSR count). The summed E-state index contributed by atoms with van der Waals surface area (Å²) in [4.78, 5) is 11.6. The standard InChI is InChI=1S/C16H15N3O2/c1-11-5-7-13(8-6-11)19-15(18-9-3-4-10-18)14(16(20)21)12(2)17-19/h3-10H,1-2H3,(H,20,21). The fourth-order valence-corrected chi connectivity index (χ4v) is 2.35. The number of hydrogen-bond acceptors (Lipinski definition) is 2. The van der Waals surface area contributed by atoms with Gasteiger partial charge >= 0.3 is 5.97 Å².